The van der Waals surface area contributed by atoms with E-state index in [1.54, 1.807) is 6.92 Å². The van der Waals surface area contributed by atoms with Gasteiger partial charge in [0.15, 0.2) is 0 Å². The molecule has 12 heavy (non-hydrogen) atoms. The molecule has 0 saturated carbocycles. The fourth-order valence-corrected chi connectivity index (χ4v) is 0.994. The number of amides is 1. The van der Waals surface area contributed by atoms with Crippen LogP contribution in [0.5, 0.6) is 0 Å². The first-order chi connectivity index (χ1) is 5.66. The van der Waals surface area contributed by atoms with Gasteiger partial charge in [-0.1, -0.05) is 0 Å². The van der Waals surface area contributed by atoms with Crippen LogP contribution in [0, 0.1) is 6.92 Å². The molecule has 0 spiro atoms. The number of aromatic nitrogens is 2. The molecule has 0 unspecified atom stereocenters. The SMILES string of the molecule is Cc1c(C(N)=O)cnn1CCF. The number of carbonyl (C=O) groups is 1. The molecular weight excluding hydrogens is 161 g/mol. The maximum atomic E-state index is 11.9. The second-order valence-corrected chi connectivity index (χ2v) is 2.42. The van der Waals surface area contributed by atoms with Crippen LogP contribution in [0.3, 0.4) is 0 Å². The molecule has 0 atom stereocenters. The number of hydrogen-bond acceptors (Lipinski definition) is 2. The Morgan fingerprint density at radius 3 is 2.92 bits per heavy atom. The Kier molecular flexibility index (Phi) is 2.42. The molecule has 0 aliphatic carbocycles. The molecule has 66 valence electrons. The first-order valence-electron chi connectivity index (χ1n) is 3.55. The van der Waals surface area contributed by atoms with Gasteiger partial charge in [-0.05, 0) is 6.92 Å². The Balaban J connectivity index is 2.96. The van der Waals surface area contributed by atoms with Crippen molar-refractivity contribution < 1.29 is 9.18 Å². The summed E-state index contributed by atoms with van der Waals surface area (Å²) in [5.74, 6) is -0.530. The summed E-state index contributed by atoms with van der Waals surface area (Å²) in [6.45, 7) is 1.35. The molecule has 5 heteroatoms. The van der Waals surface area contributed by atoms with Crippen LogP contribution in [0.2, 0.25) is 0 Å². The first-order valence-corrected chi connectivity index (χ1v) is 3.55. The van der Waals surface area contributed by atoms with Crippen LogP contribution in [-0.2, 0) is 6.54 Å². The van der Waals surface area contributed by atoms with Crippen LogP contribution in [0.25, 0.3) is 0 Å². The average Bonchev–Trinajstić information content (AvgIpc) is 2.34. The smallest absolute Gasteiger partial charge is 0.252 e. The molecule has 1 aromatic heterocycles. The Labute approximate surface area is 69.2 Å². The summed E-state index contributed by atoms with van der Waals surface area (Å²) in [6.07, 6.45) is 1.35. The van der Waals surface area contributed by atoms with Crippen LogP contribution in [0.15, 0.2) is 6.20 Å². The van der Waals surface area contributed by atoms with Crippen molar-refractivity contribution in [3.05, 3.63) is 17.5 Å². The van der Waals surface area contributed by atoms with Gasteiger partial charge in [0.2, 0.25) is 0 Å². The zero-order chi connectivity index (χ0) is 9.14. The largest absolute Gasteiger partial charge is 0.365 e. The lowest BCUT2D eigenvalue weighted by Crippen LogP contribution is -2.12. The van der Waals surface area contributed by atoms with Gasteiger partial charge >= 0.3 is 0 Å². The second-order valence-electron chi connectivity index (χ2n) is 2.42. The molecule has 2 N–H and O–H groups in total. The van der Waals surface area contributed by atoms with E-state index in [0.29, 0.717) is 11.3 Å². The van der Waals surface area contributed by atoms with Crippen molar-refractivity contribution in [3.63, 3.8) is 0 Å². The lowest BCUT2D eigenvalue weighted by Gasteiger charge is -1.99. The highest BCUT2D eigenvalue weighted by Gasteiger charge is 2.09. The fraction of sp³-hybridized carbons (Fsp3) is 0.429. The van der Waals surface area contributed by atoms with Crippen molar-refractivity contribution in [2.24, 2.45) is 5.73 Å². The van der Waals surface area contributed by atoms with Gasteiger partial charge in [0.05, 0.1) is 18.3 Å². The zero-order valence-electron chi connectivity index (χ0n) is 6.75. The van der Waals surface area contributed by atoms with Gasteiger partial charge in [0.25, 0.3) is 5.91 Å². The summed E-state index contributed by atoms with van der Waals surface area (Å²) < 4.78 is 13.3. The zero-order valence-corrected chi connectivity index (χ0v) is 6.75. The van der Waals surface area contributed by atoms with Gasteiger partial charge in [-0.25, -0.2) is 4.39 Å². The summed E-state index contributed by atoms with van der Waals surface area (Å²) in [5.41, 5.74) is 6.00. The maximum absolute atomic E-state index is 11.9. The van der Waals surface area contributed by atoms with Crippen molar-refractivity contribution in [2.75, 3.05) is 6.67 Å². The maximum Gasteiger partial charge on any atom is 0.252 e. The van der Waals surface area contributed by atoms with Crippen molar-refractivity contribution in [2.45, 2.75) is 13.5 Å². The number of nitrogens with two attached hydrogens (primary N) is 1. The molecule has 0 aromatic carbocycles. The fourth-order valence-electron chi connectivity index (χ4n) is 0.994. The lowest BCUT2D eigenvalue weighted by atomic mass is 10.2. The normalized spacial score (nSPS) is 10.2. The van der Waals surface area contributed by atoms with Gasteiger partial charge in [0.1, 0.15) is 6.67 Å². The summed E-state index contributed by atoms with van der Waals surface area (Å²) in [6, 6.07) is 0. The van der Waals surface area contributed by atoms with Gasteiger partial charge in [0, 0.05) is 5.69 Å². The van der Waals surface area contributed by atoms with E-state index in [4.69, 9.17) is 5.73 Å². The van der Waals surface area contributed by atoms with Crippen LogP contribution < -0.4 is 5.73 Å². The summed E-state index contributed by atoms with van der Waals surface area (Å²) in [7, 11) is 0. The summed E-state index contributed by atoms with van der Waals surface area (Å²) in [4.78, 5) is 10.7. The molecule has 0 aliphatic heterocycles. The summed E-state index contributed by atoms with van der Waals surface area (Å²) >= 11 is 0. The summed E-state index contributed by atoms with van der Waals surface area (Å²) in [5, 5.41) is 3.80. The standard InChI is InChI=1S/C7H10FN3O/c1-5-6(7(9)12)4-10-11(5)3-2-8/h4H,2-3H2,1H3,(H2,9,12). The molecule has 0 saturated heterocycles. The van der Waals surface area contributed by atoms with E-state index in [9.17, 15) is 9.18 Å². The van der Waals surface area contributed by atoms with E-state index in [2.05, 4.69) is 5.10 Å². The van der Waals surface area contributed by atoms with E-state index < -0.39 is 12.6 Å². The van der Waals surface area contributed by atoms with E-state index in [1.165, 1.54) is 10.9 Å². The predicted octanol–water partition coefficient (Wildman–Crippen LogP) is 0.260. The molecular formula is C7H10FN3O. The van der Waals surface area contributed by atoms with E-state index in [-0.39, 0.29) is 6.54 Å². The molecule has 0 fully saturated rings. The van der Waals surface area contributed by atoms with E-state index in [1.807, 2.05) is 0 Å². The highest BCUT2D eigenvalue weighted by atomic mass is 19.1. The van der Waals surface area contributed by atoms with Crippen molar-refractivity contribution in [3.8, 4) is 0 Å². The van der Waals surface area contributed by atoms with Gasteiger partial charge in [-0.3, -0.25) is 9.48 Å². The molecule has 1 heterocycles. The number of primary amides is 1. The third kappa shape index (κ3) is 1.44. The minimum atomic E-state index is -0.530. The highest BCUT2D eigenvalue weighted by molar-refractivity contribution is 5.93. The molecule has 1 aromatic rings. The Morgan fingerprint density at radius 1 is 1.83 bits per heavy atom. The number of carbonyl (C=O) groups excluding carboxylic acids is 1. The Hall–Kier alpha value is -1.39. The minimum Gasteiger partial charge on any atom is -0.365 e. The van der Waals surface area contributed by atoms with Crippen molar-refractivity contribution >= 4 is 5.91 Å². The number of hydrogen-bond donors (Lipinski definition) is 1. The van der Waals surface area contributed by atoms with Crippen LogP contribution in [-0.4, -0.2) is 22.4 Å². The van der Waals surface area contributed by atoms with Crippen molar-refractivity contribution in [1.82, 2.24) is 9.78 Å². The third-order valence-corrected chi connectivity index (χ3v) is 1.66. The van der Waals surface area contributed by atoms with Gasteiger partial charge in [-0.15, -0.1) is 0 Å². The molecule has 4 nitrogen and oxygen atoms in total. The number of nitrogens with zero attached hydrogens (tertiary/aromatic N) is 2. The first kappa shape index (κ1) is 8.70. The average molecular weight is 171 g/mol. The Bertz CT molecular complexity index is 295. The quantitative estimate of drug-likeness (QED) is 0.709. The van der Waals surface area contributed by atoms with E-state index >= 15 is 0 Å². The number of aryl methyl sites for hydroxylation is 1. The lowest BCUT2D eigenvalue weighted by molar-refractivity contribution is 0.0999. The Morgan fingerprint density at radius 2 is 2.50 bits per heavy atom. The van der Waals surface area contributed by atoms with Gasteiger partial charge < -0.3 is 5.73 Å². The van der Waals surface area contributed by atoms with Crippen LogP contribution in [0.1, 0.15) is 16.1 Å². The van der Waals surface area contributed by atoms with Gasteiger partial charge in [-0.2, -0.15) is 5.10 Å². The molecule has 0 radical (unpaired) electrons. The van der Waals surface area contributed by atoms with E-state index in [0.717, 1.165) is 0 Å². The number of halogens is 1. The highest BCUT2D eigenvalue weighted by Crippen LogP contribution is 2.05. The molecule has 0 aliphatic rings. The topological polar surface area (TPSA) is 60.9 Å². The minimum absolute atomic E-state index is 0.166. The second kappa shape index (κ2) is 3.34. The van der Waals surface area contributed by atoms with Crippen molar-refractivity contribution in [1.29, 1.82) is 0 Å². The molecule has 0 bridgehead atoms. The third-order valence-electron chi connectivity index (χ3n) is 1.66. The monoisotopic (exact) mass is 171 g/mol. The van der Waals surface area contributed by atoms with Crippen LogP contribution in [0.4, 0.5) is 4.39 Å². The predicted molar refractivity (Wildman–Crippen MR) is 41.5 cm³/mol. The number of alkyl halides is 1. The molecule has 1 amide bonds. The number of rotatable bonds is 3. The van der Waals surface area contributed by atoms with Crippen LogP contribution >= 0.6 is 0 Å². The molecule has 1 rings (SSSR count).